The molecule has 0 amide bonds. The number of aromatic amines is 1. The summed E-state index contributed by atoms with van der Waals surface area (Å²) in [6.45, 7) is 0.488. The number of aromatic nitrogens is 4. The first-order valence-corrected chi connectivity index (χ1v) is 13.1. The Morgan fingerprint density at radius 1 is 1.18 bits per heavy atom. The van der Waals surface area contributed by atoms with E-state index in [1.807, 2.05) is 6.07 Å². The quantitative estimate of drug-likeness (QED) is 0.344. The Bertz CT molecular complexity index is 1660. The van der Waals surface area contributed by atoms with Crippen molar-refractivity contribution in [2.24, 2.45) is 7.05 Å². The highest BCUT2D eigenvalue weighted by atomic mass is 35.5. The maximum Gasteiger partial charge on any atom is 0.296 e. The van der Waals surface area contributed by atoms with Crippen molar-refractivity contribution in [3.8, 4) is 17.1 Å². The summed E-state index contributed by atoms with van der Waals surface area (Å²) in [5, 5.41) is 13.6. The van der Waals surface area contributed by atoms with Gasteiger partial charge in [0.1, 0.15) is 29.9 Å². The first kappa shape index (κ1) is 24.5. The van der Waals surface area contributed by atoms with Crippen molar-refractivity contribution in [3.63, 3.8) is 0 Å². The minimum absolute atomic E-state index is 0.120. The van der Waals surface area contributed by atoms with Crippen LogP contribution in [0.2, 0.25) is 5.02 Å². The van der Waals surface area contributed by atoms with Crippen molar-refractivity contribution >= 4 is 28.6 Å². The van der Waals surface area contributed by atoms with Gasteiger partial charge in [-0.05, 0) is 47.7 Å². The number of hydrogen-bond acceptors (Lipinski definition) is 8. The summed E-state index contributed by atoms with van der Waals surface area (Å²) in [5.41, 5.74) is 3.84. The first-order chi connectivity index (χ1) is 18.8. The number of anilines is 1. The van der Waals surface area contributed by atoms with Gasteiger partial charge >= 0.3 is 0 Å². The predicted octanol–water partition coefficient (Wildman–Crippen LogP) is 3.12. The van der Waals surface area contributed by atoms with Gasteiger partial charge in [-0.15, -0.1) is 0 Å². The highest BCUT2D eigenvalue weighted by molar-refractivity contribution is 6.33. The number of benzene rings is 1. The van der Waals surface area contributed by atoms with Crippen LogP contribution in [0.15, 0.2) is 41.3 Å². The Morgan fingerprint density at radius 2 is 2.03 bits per heavy atom. The molecule has 1 aromatic carbocycles. The predicted molar refractivity (Wildman–Crippen MR) is 141 cm³/mol. The van der Waals surface area contributed by atoms with Crippen LogP contribution < -0.4 is 15.6 Å². The second kappa shape index (κ2) is 9.30. The number of aryl methyl sites for hydroxylation is 2. The fourth-order valence-corrected chi connectivity index (χ4v) is 5.90. The molecule has 5 atom stereocenters. The van der Waals surface area contributed by atoms with E-state index in [0.717, 1.165) is 16.7 Å². The summed E-state index contributed by atoms with van der Waals surface area (Å²) in [7, 11) is 1.67. The first-order valence-electron chi connectivity index (χ1n) is 12.7. The van der Waals surface area contributed by atoms with Crippen LogP contribution in [0, 0.1) is 5.82 Å². The summed E-state index contributed by atoms with van der Waals surface area (Å²) in [6, 6.07) is 8.28. The number of nitrogens with zero attached hydrogens (tertiary/aromatic N) is 3. The lowest BCUT2D eigenvalue weighted by Gasteiger charge is -2.17. The molecule has 1 unspecified atom stereocenters. The van der Waals surface area contributed by atoms with Gasteiger partial charge in [-0.25, -0.2) is 9.37 Å². The zero-order valence-corrected chi connectivity index (χ0v) is 21.6. The number of imidazole rings is 1. The molecule has 0 bridgehead atoms. The number of nitrogens with one attached hydrogen (secondary N) is 2. The average molecular weight is 554 g/mol. The van der Waals surface area contributed by atoms with Crippen LogP contribution in [0.4, 0.5) is 10.2 Å². The summed E-state index contributed by atoms with van der Waals surface area (Å²) >= 11 is 6.55. The number of aliphatic hydroxyl groups excluding tert-OH is 1. The Labute approximate surface area is 226 Å². The number of fused-ring (bicyclic) bond motifs is 3. The van der Waals surface area contributed by atoms with Gasteiger partial charge < -0.3 is 34.2 Å². The van der Waals surface area contributed by atoms with Crippen LogP contribution >= 0.6 is 11.6 Å². The number of halogens is 2. The van der Waals surface area contributed by atoms with E-state index in [1.54, 1.807) is 25.4 Å². The standard InChI is InChI=1S/C27H25ClFN5O5/c1-34-9-13(3-5-21(34)36)14-6-12-2-4-17(22(12)16(29)7-14)30-25-15(28)8-18-26(32-25)33-27(31-18)39-20-11-38-23-19(35)10-37-24(20)23/h3,5-9,17,19-20,23-24,35H,2,4,10-11H2,1H3,(H2,30,31,32,33)/t17?,19-,20-,23-,24-/m1/s1. The lowest BCUT2D eigenvalue weighted by atomic mass is 10.00. The van der Waals surface area contributed by atoms with Crippen LogP contribution in [-0.4, -0.2) is 62.3 Å². The molecule has 3 N–H and O–H groups in total. The second-order valence-electron chi connectivity index (χ2n) is 10.2. The van der Waals surface area contributed by atoms with Gasteiger partial charge in [-0.1, -0.05) is 17.7 Å². The third-order valence-electron chi connectivity index (χ3n) is 7.65. The Hall–Kier alpha value is -3.51. The Kier molecular flexibility index (Phi) is 5.85. The lowest BCUT2D eigenvalue weighted by Crippen LogP contribution is -2.34. The minimum atomic E-state index is -0.668. The number of aliphatic hydroxyl groups is 1. The molecule has 2 fully saturated rings. The van der Waals surface area contributed by atoms with Gasteiger partial charge in [0.25, 0.3) is 6.01 Å². The molecule has 2 aliphatic heterocycles. The third kappa shape index (κ3) is 4.26. The van der Waals surface area contributed by atoms with E-state index in [2.05, 4.69) is 20.3 Å². The van der Waals surface area contributed by atoms with E-state index < -0.39 is 18.3 Å². The Morgan fingerprint density at radius 3 is 2.87 bits per heavy atom. The SMILES string of the molecule is Cn1cc(-c2cc(F)c3c(c2)CCC3Nc2nc3nc(O[C@@H]4CO[C@H]5[C@@H]4OC[C@H]5O)[nH]c3cc2Cl)ccc1=O. The fourth-order valence-electron chi connectivity index (χ4n) is 5.70. The van der Waals surface area contributed by atoms with Crippen LogP contribution in [0.3, 0.4) is 0 Å². The molecule has 202 valence electrons. The zero-order chi connectivity index (χ0) is 26.8. The topological polar surface area (TPSA) is 124 Å². The largest absolute Gasteiger partial charge is 0.456 e. The van der Waals surface area contributed by atoms with Crippen molar-refractivity contribution in [2.45, 2.75) is 43.3 Å². The van der Waals surface area contributed by atoms with Crippen molar-refractivity contribution in [1.29, 1.82) is 0 Å². The van der Waals surface area contributed by atoms with Gasteiger partial charge in [0.2, 0.25) is 5.56 Å². The molecule has 39 heavy (non-hydrogen) atoms. The smallest absolute Gasteiger partial charge is 0.296 e. The molecule has 5 heterocycles. The van der Waals surface area contributed by atoms with E-state index >= 15 is 4.39 Å². The van der Waals surface area contributed by atoms with E-state index in [4.69, 9.17) is 25.8 Å². The molecule has 1 aliphatic carbocycles. The van der Waals surface area contributed by atoms with Crippen molar-refractivity contribution in [3.05, 3.63) is 68.8 Å². The van der Waals surface area contributed by atoms with E-state index in [0.29, 0.717) is 40.4 Å². The monoisotopic (exact) mass is 553 g/mol. The number of pyridine rings is 2. The molecular formula is C27H25ClFN5O5. The normalized spacial score (nSPS) is 25.7. The molecule has 2 saturated heterocycles. The van der Waals surface area contributed by atoms with Crippen LogP contribution in [-0.2, 0) is 22.9 Å². The fraction of sp³-hybridized carbons (Fsp3) is 0.370. The number of rotatable bonds is 5. The van der Waals surface area contributed by atoms with E-state index in [-0.39, 0.29) is 42.7 Å². The number of ether oxygens (including phenoxy) is 3. The highest BCUT2D eigenvalue weighted by Gasteiger charge is 2.48. The molecular weight excluding hydrogens is 529 g/mol. The van der Waals surface area contributed by atoms with Crippen molar-refractivity contribution in [1.82, 2.24) is 19.5 Å². The number of hydrogen-bond donors (Lipinski definition) is 3. The van der Waals surface area contributed by atoms with Crippen LogP contribution in [0.25, 0.3) is 22.3 Å². The highest BCUT2D eigenvalue weighted by Crippen LogP contribution is 2.39. The molecule has 10 nitrogen and oxygen atoms in total. The third-order valence-corrected chi connectivity index (χ3v) is 7.93. The molecule has 0 saturated carbocycles. The maximum atomic E-state index is 15.4. The molecule has 12 heteroatoms. The van der Waals surface area contributed by atoms with E-state index in [1.165, 1.54) is 16.7 Å². The maximum absolute atomic E-state index is 15.4. The Balaban J connectivity index is 1.12. The van der Waals surface area contributed by atoms with Gasteiger partial charge in [0.05, 0.1) is 29.8 Å². The van der Waals surface area contributed by atoms with Gasteiger partial charge in [0, 0.05) is 24.9 Å². The van der Waals surface area contributed by atoms with E-state index in [9.17, 15) is 9.90 Å². The zero-order valence-electron chi connectivity index (χ0n) is 20.9. The second-order valence-corrected chi connectivity index (χ2v) is 10.6. The van der Waals surface area contributed by atoms with Gasteiger partial charge in [-0.3, -0.25) is 4.79 Å². The molecule has 4 aromatic rings. The molecule has 0 spiro atoms. The molecule has 0 radical (unpaired) electrons. The summed E-state index contributed by atoms with van der Waals surface area (Å²) in [5.74, 6) is 0.0726. The lowest BCUT2D eigenvalue weighted by molar-refractivity contribution is 0.00706. The van der Waals surface area contributed by atoms with Gasteiger partial charge in [0.15, 0.2) is 11.8 Å². The van der Waals surface area contributed by atoms with Crippen LogP contribution in [0.1, 0.15) is 23.6 Å². The number of H-pyrrole nitrogens is 1. The van der Waals surface area contributed by atoms with Crippen LogP contribution in [0.5, 0.6) is 6.01 Å². The van der Waals surface area contributed by atoms with Crippen molar-refractivity contribution < 1.29 is 23.7 Å². The average Bonchev–Trinajstić information content (AvgIpc) is 3.67. The summed E-state index contributed by atoms with van der Waals surface area (Å²) in [6.07, 6.45) is 1.21. The molecule has 3 aliphatic rings. The van der Waals surface area contributed by atoms with Crippen molar-refractivity contribution in [2.75, 3.05) is 18.5 Å². The molecule has 3 aromatic heterocycles. The van der Waals surface area contributed by atoms with Gasteiger partial charge in [-0.2, -0.15) is 4.98 Å². The summed E-state index contributed by atoms with van der Waals surface area (Å²) in [4.78, 5) is 23.8. The minimum Gasteiger partial charge on any atom is -0.456 e. The summed E-state index contributed by atoms with van der Waals surface area (Å²) < 4.78 is 34.1. The molecule has 7 rings (SSSR count).